The number of phenols is 1. The predicted molar refractivity (Wildman–Crippen MR) is 119 cm³/mol. The Labute approximate surface area is 188 Å². The summed E-state index contributed by atoms with van der Waals surface area (Å²) in [7, 11) is 0. The average Bonchev–Trinajstić information content (AvgIpc) is 3.54. The van der Waals surface area contributed by atoms with Gasteiger partial charge in [-0.25, -0.2) is 4.79 Å². The van der Waals surface area contributed by atoms with E-state index in [1.54, 1.807) is 19.1 Å². The summed E-state index contributed by atoms with van der Waals surface area (Å²) in [6.07, 6.45) is 3.35. The van der Waals surface area contributed by atoms with Crippen LogP contribution in [0.15, 0.2) is 18.2 Å². The first-order chi connectivity index (χ1) is 15.1. The van der Waals surface area contributed by atoms with Gasteiger partial charge in [0.15, 0.2) is 0 Å². The molecule has 4 rings (SSSR count). The third kappa shape index (κ3) is 3.89. The number of piperidine rings is 1. The smallest absolute Gasteiger partial charge is 0.318 e. The number of aromatic hydroxyl groups is 1. The molecule has 1 saturated heterocycles. The second-order valence-corrected chi connectivity index (χ2v) is 10.1. The molecule has 2 aliphatic carbocycles. The van der Waals surface area contributed by atoms with E-state index in [1.807, 2.05) is 6.92 Å². The number of amides is 3. The fourth-order valence-corrected chi connectivity index (χ4v) is 6.22. The SMILES string of the molecule is CC(O)c1ccc(O)cc1C12CCN(CC3CC3)C(C)C1(O)CCC(C(=O)NC(N)=O)C2. The van der Waals surface area contributed by atoms with E-state index < -0.39 is 35.0 Å². The largest absolute Gasteiger partial charge is 0.508 e. The van der Waals surface area contributed by atoms with Gasteiger partial charge in [0.05, 0.1) is 11.7 Å². The number of nitrogens with two attached hydrogens (primary N) is 1. The molecule has 32 heavy (non-hydrogen) atoms. The van der Waals surface area contributed by atoms with Crippen LogP contribution in [0.4, 0.5) is 4.79 Å². The highest BCUT2D eigenvalue weighted by Crippen LogP contribution is 2.57. The van der Waals surface area contributed by atoms with Gasteiger partial charge in [0, 0.05) is 23.9 Å². The molecular weight excluding hydrogens is 410 g/mol. The molecule has 5 unspecified atom stereocenters. The number of hydrogen-bond acceptors (Lipinski definition) is 6. The van der Waals surface area contributed by atoms with Crippen molar-refractivity contribution in [2.75, 3.05) is 13.1 Å². The number of benzene rings is 1. The van der Waals surface area contributed by atoms with E-state index in [0.717, 1.165) is 13.1 Å². The van der Waals surface area contributed by atoms with Gasteiger partial charge in [-0.05, 0) is 88.1 Å². The zero-order chi connectivity index (χ0) is 23.3. The monoisotopic (exact) mass is 445 g/mol. The summed E-state index contributed by atoms with van der Waals surface area (Å²) in [6, 6.07) is 3.82. The number of nitrogens with zero attached hydrogens (tertiary/aromatic N) is 1. The van der Waals surface area contributed by atoms with Crippen molar-refractivity contribution in [1.82, 2.24) is 10.2 Å². The highest BCUT2D eigenvalue weighted by Gasteiger charge is 2.62. The average molecular weight is 446 g/mol. The Kier molecular flexibility index (Phi) is 5.98. The molecule has 8 nitrogen and oxygen atoms in total. The van der Waals surface area contributed by atoms with Crippen molar-refractivity contribution < 1.29 is 24.9 Å². The maximum atomic E-state index is 12.7. The van der Waals surface area contributed by atoms with E-state index in [0.29, 0.717) is 42.7 Å². The number of urea groups is 1. The van der Waals surface area contributed by atoms with Crippen LogP contribution in [-0.2, 0) is 10.2 Å². The third-order valence-corrected chi connectivity index (χ3v) is 8.17. The van der Waals surface area contributed by atoms with Gasteiger partial charge < -0.3 is 21.1 Å². The minimum Gasteiger partial charge on any atom is -0.508 e. The summed E-state index contributed by atoms with van der Waals surface area (Å²) in [4.78, 5) is 26.4. The number of carbonyl (C=O) groups excluding carboxylic acids is 2. The van der Waals surface area contributed by atoms with Crippen molar-refractivity contribution in [1.29, 1.82) is 0 Å². The maximum absolute atomic E-state index is 12.7. The van der Waals surface area contributed by atoms with Crippen LogP contribution in [0.25, 0.3) is 0 Å². The van der Waals surface area contributed by atoms with Crippen LogP contribution < -0.4 is 11.1 Å². The number of phenolic OH excluding ortho intramolecular Hbond substituents is 1. The van der Waals surface area contributed by atoms with Gasteiger partial charge in [-0.1, -0.05) is 6.07 Å². The molecule has 5 atom stereocenters. The van der Waals surface area contributed by atoms with Gasteiger partial charge in [0.2, 0.25) is 5.91 Å². The number of nitrogens with one attached hydrogen (secondary N) is 1. The van der Waals surface area contributed by atoms with Crippen molar-refractivity contribution >= 4 is 11.9 Å². The van der Waals surface area contributed by atoms with Crippen molar-refractivity contribution in [2.45, 2.75) is 75.5 Å². The Balaban J connectivity index is 1.79. The molecule has 1 heterocycles. The lowest BCUT2D eigenvalue weighted by molar-refractivity contribution is -0.167. The van der Waals surface area contributed by atoms with Crippen LogP contribution in [0, 0.1) is 11.8 Å². The van der Waals surface area contributed by atoms with Gasteiger partial charge in [0.25, 0.3) is 0 Å². The summed E-state index contributed by atoms with van der Waals surface area (Å²) in [6.45, 7) is 5.41. The Morgan fingerprint density at radius 3 is 2.62 bits per heavy atom. The lowest BCUT2D eigenvalue weighted by atomic mass is 9.51. The van der Waals surface area contributed by atoms with Crippen LogP contribution in [0.2, 0.25) is 0 Å². The van der Waals surface area contributed by atoms with Crippen LogP contribution in [0.5, 0.6) is 5.75 Å². The molecule has 8 heteroatoms. The van der Waals surface area contributed by atoms with Gasteiger partial charge in [0.1, 0.15) is 5.75 Å². The molecule has 3 aliphatic rings. The van der Waals surface area contributed by atoms with Crippen molar-refractivity contribution in [3.63, 3.8) is 0 Å². The molecule has 3 amide bonds. The molecule has 0 spiro atoms. The van der Waals surface area contributed by atoms with E-state index in [4.69, 9.17) is 5.73 Å². The van der Waals surface area contributed by atoms with E-state index in [2.05, 4.69) is 10.2 Å². The molecular formula is C24H35N3O5. The van der Waals surface area contributed by atoms with Crippen LogP contribution in [-0.4, -0.2) is 56.9 Å². The van der Waals surface area contributed by atoms with Gasteiger partial charge >= 0.3 is 6.03 Å². The lowest BCUT2D eigenvalue weighted by Crippen LogP contribution is -2.70. The fraction of sp³-hybridized carbons (Fsp3) is 0.667. The highest BCUT2D eigenvalue weighted by molar-refractivity contribution is 5.94. The predicted octanol–water partition coefficient (Wildman–Crippen LogP) is 1.91. The number of fused-ring (bicyclic) bond motifs is 1. The first kappa shape index (κ1) is 23.0. The molecule has 1 aromatic carbocycles. The zero-order valence-corrected chi connectivity index (χ0v) is 18.9. The zero-order valence-electron chi connectivity index (χ0n) is 18.9. The number of rotatable bonds is 5. The summed E-state index contributed by atoms with van der Waals surface area (Å²) in [5.74, 6) is -0.210. The minimum atomic E-state index is -1.15. The molecule has 3 fully saturated rings. The Hall–Kier alpha value is -2.16. The highest BCUT2D eigenvalue weighted by atomic mass is 16.3. The van der Waals surface area contributed by atoms with Crippen molar-refractivity contribution in [3.05, 3.63) is 29.3 Å². The molecule has 2 saturated carbocycles. The number of imide groups is 1. The number of aliphatic hydroxyl groups excluding tert-OH is 1. The maximum Gasteiger partial charge on any atom is 0.318 e. The molecule has 0 radical (unpaired) electrons. The van der Waals surface area contributed by atoms with Gasteiger partial charge in [-0.3, -0.25) is 15.0 Å². The van der Waals surface area contributed by atoms with Crippen molar-refractivity contribution in [3.8, 4) is 5.75 Å². The van der Waals surface area contributed by atoms with Crippen LogP contribution in [0.3, 0.4) is 0 Å². The first-order valence-corrected chi connectivity index (χ1v) is 11.7. The topological polar surface area (TPSA) is 136 Å². The van der Waals surface area contributed by atoms with E-state index >= 15 is 0 Å². The molecule has 1 aliphatic heterocycles. The number of aliphatic hydroxyl groups is 2. The Morgan fingerprint density at radius 2 is 2.00 bits per heavy atom. The number of likely N-dealkylation sites (tertiary alicyclic amines) is 1. The summed E-state index contributed by atoms with van der Waals surface area (Å²) >= 11 is 0. The molecule has 0 aromatic heterocycles. The standard InChI is InChI=1S/C24H35N3O5/c1-14(28)19-6-5-18(29)11-20(19)23-9-10-27(13-16-3-4-16)15(2)24(23,32)8-7-17(12-23)21(30)26-22(25)31/h5-6,11,14-17,28-29,32H,3-4,7-10,12-13H2,1-2H3,(H3,25,26,30,31). The van der Waals surface area contributed by atoms with Crippen LogP contribution >= 0.6 is 0 Å². The summed E-state index contributed by atoms with van der Waals surface area (Å²) < 4.78 is 0. The Bertz CT molecular complexity index is 902. The van der Waals surface area contributed by atoms with Crippen molar-refractivity contribution in [2.24, 2.45) is 17.6 Å². The fourth-order valence-electron chi connectivity index (χ4n) is 6.22. The van der Waals surface area contributed by atoms with Gasteiger partial charge in [-0.2, -0.15) is 0 Å². The quantitative estimate of drug-likeness (QED) is 0.470. The first-order valence-electron chi connectivity index (χ1n) is 11.7. The lowest BCUT2D eigenvalue weighted by Gasteiger charge is -2.61. The van der Waals surface area contributed by atoms with E-state index in [1.165, 1.54) is 18.9 Å². The number of hydrogen-bond donors (Lipinski definition) is 5. The molecule has 1 aromatic rings. The summed E-state index contributed by atoms with van der Waals surface area (Å²) in [5.41, 5.74) is 4.51. The second-order valence-electron chi connectivity index (χ2n) is 10.1. The number of carbonyl (C=O) groups is 2. The molecule has 176 valence electrons. The third-order valence-electron chi connectivity index (χ3n) is 8.17. The molecule has 6 N–H and O–H groups in total. The normalized spacial score (nSPS) is 33.9. The molecule has 0 bridgehead atoms. The van der Waals surface area contributed by atoms with Crippen LogP contribution in [0.1, 0.15) is 69.6 Å². The van der Waals surface area contributed by atoms with E-state index in [9.17, 15) is 24.9 Å². The minimum absolute atomic E-state index is 0.0536. The van der Waals surface area contributed by atoms with Gasteiger partial charge in [-0.15, -0.1) is 0 Å². The second kappa shape index (κ2) is 8.32. The van der Waals surface area contributed by atoms with E-state index in [-0.39, 0.29) is 11.8 Å². The summed E-state index contributed by atoms with van der Waals surface area (Å²) in [5, 5.41) is 35.4. The Morgan fingerprint density at radius 1 is 1.28 bits per heavy atom. The number of primary amides is 1.